The number of rotatable bonds is 9. The Morgan fingerprint density at radius 2 is 1.36 bits per heavy atom. The molecule has 0 saturated carbocycles. The summed E-state index contributed by atoms with van der Waals surface area (Å²) in [5.74, 6) is 14.9. The van der Waals surface area contributed by atoms with E-state index in [1.807, 2.05) is 0 Å². The Balaban J connectivity index is 4.21. The molecule has 0 heterocycles. The van der Waals surface area contributed by atoms with E-state index in [9.17, 15) is 0 Å². The highest BCUT2D eigenvalue weighted by molar-refractivity contribution is 4.77. The van der Waals surface area contributed by atoms with Crippen molar-refractivity contribution < 1.29 is 19.4 Å². The maximum atomic E-state index is 5.00. The average molecular weight is 210 g/mol. The van der Waals surface area contributed by atoms with Gasteiger partial charge in [-0.2, -0.15) is 0 Å². The molecule has 14 heavy (non-hydrogen) atoms. The van der Waals surface area contributed by atoms with Crippen molar-refractivity contribution >= 4 is 0 Å². The number of hydroxylamine groups is 1. The van der Waals surface area contributed by atoms with E-state index in [2.05, 4.69) is 20.0 Å². The van der Waals surface area contributed by atoms with Crippen LogP contribution in [0.4, 0.5) is 0 Å². The maximum absolute atomic E-state index is 5.00. The number of hydrogen-bond donors (Lipinski definition) is 4. The van der Waals surface area contributed by atoms with Gasteiger partial charge in [-0.25, -0.2) is 23.2 Å². The second-order valence-corrected chi connectivity index (χ2v) is 2.93. The standard InChI is InChI=1S/C6H18N4O4/c1-10-14-5-6(2-11-7,3-12-8)4-13-9/h10H,2-5,7-9H2,1H3. The molecule has 0 radical (unpaired) electrons. The Labute approximate surface area is 82.4 Å². The molecule has 8 heteroatoms. The van der Waals surface area contributed by atoms with Crippen molar-refractivity contribution in [3.63, 3.8) is 0 Å². The molecule has 0 aromatic carbocycles. The SMILES string of the molecule is CNOCC(CON)(CON)CON. The Kier molecular flexibility index (Phi) is 7.84. The van der Waals surface area contributed by atoms with Gasteiger partial charge in [-0.05, 0) is 0 Å². The number of hydrogen-bond acceptors (Lipinski definition) is 8. The van der Waals surface area contributed by atoms with Crippen molar-refractivity contribution in [3.8, 4) is 0 Å². The minimum absolute atomic E-state index is 0.156. The van der Waals surface area contributed by atoms with Crippen LogP contribution in [0.25, 0.3) is 0 Å². The molecule has 0 aromatic rings. The molecule has 0 unspecified atom stereocenters. The van der Waals surface area contributed by atoms with Crippen LogP contribution in [0, 0.1) is 5.41 Å². The summed E-state index contributed by atoms with van der Waals surface area (Å²) in [6, 6.07) is 0. The predicted octanol–water partition coefficient (Wildman–Crippen LogP) is -2.21. The van der Waals surface area contributed by atoms with Crippen LogP contribution in [-0.2, 0) is 19.4 Å². The molecule has 8 nitrogen and oxygen atoms in total. The van der Waals surface area contributed by atoms with Crippen molar-refractivity contribution in [1.29, 1.82) is 0 Å². The normalized spacial score (nSPS) is 12.0. The summed E-state index contributed by atoms with van der Waals surface area (Å²) in [5, 5.41) is 0. The quantitative estimate of drug-likeness (QED) is 0.316. The van der Waals surface area contributed by atoms with Crippen LogP contribution < -0.4 is 23.2 Å². The maximum Gasteiger partial charge on any atom is 0.0807 e. The minimum atomic E-state index is -0.624. The fraction of sp³-hybridized carbons (Fsp3) is 1.00. The Morgan fingerprint density at radius 1 is 0.929 bits per heavy atom. The molecule has 0 aliphatic rings. The van der Waals surface area contributed by atoms with Gasteiger partial charge in [-0.1, -0.05) is 0 Å². The molecule has 0 bridgehead atoms. The molecule has 7 N–H and O–H groups in total. The van der Waals surface area contributed by atoms with Crippen LogP contribution in [0.2, 0.25) is 0 Å². The van der Waals surface area contributed by atoms with E-state index in [4.69, 9.17) is 22.5 Å². The smallest absolute Gasteiger partial charge is 0.0807 e. The van der Waals surface area contributed by atoms with Gasteiger partial charge in [-0.15, -0.1) is 0 Å². The van der Waals surface area contributed by atoms with Crippen LogP contribution in [0.3, 0.4) is 0 Å². The van der Waals surface area contributed by atoms with Gasteiger partial charge in [0, 0.05) is 7.05 Å². The third-order valence-corrected chi connectivity index (χ3v) is 1.69. The number of nitrogens with two attached hydrogens (primary N) is 3. The monoisotopic (exact) mass is 210 g/mol. The molecule has 0 spiro atoms. The minimum Gasteiger partial charge on any atom is -0.304 e. The first kappa shape index (κ1) is 13.7. The van der Waals surface area contributed by atoms with Gasteiger partial charge in [0.05, 0.1) is 31.8 Å². The van der Waals surface area contributed by atoms with E-state index in [0.29, 0.717) is 0 Å². The van der Waals surface area contributed by atoms with Crippen molar-refractivity contribution in [2.75, 3.05) is 33.5 Å². The van der Waals surface area contributed by atoms with Crippen molar-refractivity contribution in [1.82, 2.24) is 5.48 Å². The van der Waals surface area contributed by atoms with Crippen LogP contribution in [0.1, 0.15) is 0 Å². The molecule has 0 saturated heterocycles. The zero-order valence-corrected chi connectivity index (χ0v) is 8.19. The van der Waals surface area contributed by atoms with Gasteiger partial charge in [0.25, 0.3) is 0 Å². The molecular formula is C6H18N4O4. The third-order valence-electron chi connectivity index (χ3n) is 1.69. The summed E-state index contributed by atoms with van der Waals surface area (Å²) in [6.07, 6.45) is 0. The average Bonchev–Trinajstić information content (AvgIpc) is 2.16. The largest absolute Gasteiger partial charge is 0.304 e. The Hall–Kier alpha value is -0.320. The molecule has 86 valence electrons. The summed E-state index contributed by atoms with van der Waals surface area (Å²) in [5.41, 5.74) is 1.89. The second kappa shape index (κ2) is 8.03. The van der Waals surface area contributed by atoms with Gasteiger partial charge < -0.3 is 19.4 Å². The van der Waals surface area contributed by atoms with Crippen LogP contribution in [-0.4, -0.2) is 33.5 Å². The lowest BCUT2D eigenvalue weighted by molar-refractivity contribution is -0.123. The first-order chi connectivity index (χ1) is 6.74. The van der Waals surface area contributed by atoms with Gasteiger partial charge >= 0.3 is 0 Å². The van der Waals surface area contributed by atoms with Crippen LogP contribution in [0.5, 0.6) is 0 Å². The number of nitrogens with one attached hydrogen (secondary N) is 1. The lowest BCUT2D eigenvalue weighted by Crippen LogP contribution is -2.44. The second-order valence-electron chi connectivity index (χ2n) is 2.93. The highest BCUT2D eigenvalue weighted by atomic mass is 16.7. The van der Waals surface area contributed by atoms with Gasteiger partial charge in [0.2, 0.25) is 0 Å². The van der Waals surface area contributed by atoms with Crippen molar-refractivity contribution in [3.05, 3.63) is 0 Å². The molecule has 0 rings (SSSR count). The Bertz CT molecular complexity index is 120. The van der Waals surface area contributed by atoms with Gasteiger partial charge in [0.15, 0.2) is 0 Å². The predicted molar refractivity (Wildman–Crippen MR) is 47.9 cm³/mol. The zero-order valence-electron chi connectivity index (χ0n) is 8.19. The van der Waals surface area contributed by atoms with E-state index in [1.54, 1.807) is 7.05 Å². The van der Waals surface area contributed by atoms with E-state index >= 15 is 0 Å². The van der Waals surface area contributed by atoms with Gasteiger partial charge in [0.1, 0.15) is 0 Å². The first-order valence-electron chi connectivity index (χ1n) is 3.98. The molecule has 0 amide bonds. The zero-order chi connectivity index (χ0) is 10.9. The third kappa shape index (κ3) is 4.79. The fourth-order valence-corrected chi connectivity index (χ4v) is 1.01. The summed E-state index contributed by atoms with van der Waals surface area (Å²) in [7, 11) is 1.63. The molecule has 0 aliphatic heterocycles. The van der Waals surface area contributed by atoms with E-state index in [0.717, 1.165) is 0 Å². The van der Waals surface area contributed by atoms with Crippen molar-refractivity contribution in [2.45, 2.75) is 0 Å². The highest BCUT2D eigenvalue weighted by Crippen LogP contribution is 2.17. The van der Waals surface area contributed by atoms with Gasteiger partial charge in [-0.3, -0.25) is 0 Å². The highest BCUT2D eigenvalue weighted by Gasteiger charge is 2.32. The molecule has 0 aromatic heterocycles. The fourth-order valence-electron chi connectivity index (χ4n) is 1.01. The van der Waals surface area contributed by atoms with E-state index in [1.165, 1.54) is 0 Å². The van der Waals surface area contributed by atoms with Crippen molar-refractivity contribution in [2.24, 2.45) is 23.1 Å². The molecule has 0 fully saturated rings. The summed E-state index contributed by atoms with van der Waals surface area (Å²) >= 11 is 0. The lowest BCUT2D eigenvalue weighted by Gasteiger charge is -2.29. The molecular weight excluding hydrogens is 192 g/mol. The Morgan fingerprint density at radius 3 is 1.64 bits per heavy atom. The topological polar surface area (TPSA) is 127 Å². The summed E-state index contributed by atoms with van der Waals surface area (Å²) in [6.45, 7) is 0.713. The van der Waals surface area contributed by atoms with Crippen LogP contribution >= 0.6 is 0 Å². The summed E-state index contributed by atoms with van der Waals surface area (Å²) in [4.78, 5) is 18.6. The first-order valence-corrected chi connectivity index (χ1v) is 3.98. The van der Waals surface area contributed by atoms with E-state index in [-0.39, 0.29) is 26.4 Å². The molecule has 0 aliphatic carbocycles. The van der Waals surface area contributed by atoms with Crippen LogP contribution in [0.15, 0.2) is 0 Å². The van der Waals surface area contributed by atoms with E-state index < -0.39 is 5.41 Å². The lowest BCUT2D eigenvalue weighted by atomic mass is 9.92. The molecule has 0 atom stereocenters. The summed E-state index contributed by atoms with van der Waals surface area (Å²) < 4.78 is 0.